The number of hydrogen-bond acceptors (Lipinski definition) is 4. The van der Waals surface area contributed by atoms with Crippen LogP contribution >= 0.6 is 11.8 Å². The van der Waals surface area contributed by atoms with E-state index < -0.39 is 0 Å². The first kappa shape index (κ1) is 17.3. The van der Waals surface area contributed by atoms with Crippen LogP contribution in [0.5, 0.6) is 0 Å². The number of benzene rings is 2. The number of nitrogens with zero attached hydrogens (tertiary/aromatic N) is 3. The van der Waals surface area contributed by atoms with Gasteiger partial charge in [-0.2, -0.15) is 5.10 Å². The average molecular weight is 374 g/mol. The van der Waals surface area contributed by atoms with Crippen molar-refractivity contribution in [2.45, 2.75) is 11.4 Å². The molecule has 0 unspecified atom stereocenters. The lowest BCUT2D eigenvalue weighted by molar-refractivity contribution is -0.115. The minimum absolute atomic E-state index is 0.0589. The molecule has 6 heteroatoms. The largest absolute Gasteiger partial charge is 0.326 e. The zero-order chi connectivity index (χ0) is 18.6. The van der Waals surface area contributed by atoms with Gasteiger partial charge in [0.05, 0.1) is 17.6 Å². The van der Waals surface area contributed by atoms with Gasteiger partial charge in [-0.1, -0.05) is 18.2 Å². The third-order valence-electron chi connectivity index (χ3n) is 4.24. The number of thioether (sulfide) groups is 1. The summed E-state index contributed by atoms with van der Waals surface area (Å²) in [7, 11) is 0. The number of rotatable bonds is 5. The van der Waals surface area contributed by atoms with Crippen molar-refractivity contribution in [1.29, 1.82) is 0 Å². The second kappa shape index (κ2) is 7.63. The summed E-state index contributed by atoms with van der Waals surface area (Å²) in [5.74, 6) is -0.0589. The zero-order valence-corrected chi connectivity index (χ0v) is 15.6. The molecule has 2 aromatic heterocycles. The van der Waals surface area contributed by atoms with Crippen LogP contribution in [0.3, 0.4) is 0 Å². The van der Waals surface area contributed by atoms with Crippen molar-refractivity contribution < 1.29 is 4.79 Å². The van der Waals surface area contributed by atoms with Gasteiger partial charge in [0.2, 0.25) is 5.91 Å². The number of carbonyl (C=O) groups is 1. The van der Waals surface area contributed by atoms with Crippen LogP contribution in [0.4, 0.5) is 5.69 Å². The van der Waals surface area contributed by atoms with Crippen molar-refractivity contribution in [3.63, 3.8) is 0 Å². The molecule has 0 bridgehead atoms. The van der Waals surface area contributed by atoms with E-state index in [1.165, 1.54) is 0 Å². The maximum absolute atomic E-state index is 12.4. The molecule has 0 spiro atoms. The van der Waals surface area contributed by atoms with Crippen molar-refractivity contribution >= 4 is 34.3 Å². The first-order valence-corrected chi connectivity index (χ1v) is 9.78. The molecule has 0 radical (unpaired) electrons. The van der Waals surface area contributed by atoms with Crippen LogP contribution in [-0.2, 0) is 11.2 Å². The highest BCUT2D eigenvalue weighted by Crippen LogP contribution is 2.30. The number of carbonyl (C=O) groups excluding carboxylic acids is 1. The summed E-state index contributed by atoms with van der Waals surface area (Å²) in [6.07, 6.45) is 5.71. The Hall–Kier alpha value is -3.12. The molecule has 0 aliphatic carbocycles. The molecule has 2 aromatic carbocycles. The molecule has 0 saturated heterocycles. The number of aromatic nitrogens is 3. The quantitative estimate of drug-likeness (QED) is 0.529. The summed E-state index contributed by atoms with van der Waals surface area (Å²) in [5, 5.41) is 9.74. The molecular formula is C21H18N4OS. The molecule has 0 aliphatic rings. The van der Waals surface area contributed by atoms with E-state index in [2.05, 4.69) is 10.3 Å². The van der Waals surface area contributed by atoms with Crippen LogP contribution in [0.15, 0.2) is 78.1 Å². The van der Waals surface area contributed by atoms with E-state index in [-0.39, 0.29) is 5.91 Å². The monoisotopic (exact) mass is 374 g/mol. The van der Waals surface area contributed by atoms with Gasteiger partial charge in [0.15, 0.2) is 0 Å². The molecule has 0 fully saturated rings. The van der Waals surface area contributed by atoms with Crippen LogP contribution in [0, 0.1) is 0 Å². The maximum atomic E-state index is 12.4. The Kier molecular flexibility index (Phi) is 4.89. The van der Waals surface area contributed by atoms with Gasteiger partial charge in [-0.3, -0.25) is 9.78 Å². The molecule has 2 heterocycles. The fourth-order valence-electron chi connectivity index (χ4n) is 2.97. The number of pyridine rings is 1. The molecular weight excluding hydrogens is 356 g/mol. The van der Waals surface area contributed by atoms with Gasteiger partial charge in [0.1, 0.15) is 5.03 Å². The number of anilines is 1. The average Bonchev–Trinajstić information content (AvgIpc) is 3.07. The van der Waals surface area contributed by atoms with Gasteiger partial charge in [0, 0.05) is 23.5 Å². The van der Waals surface area contributed by atoms with Crippen LogP contribution in [0.1, 0.15) is 5.56 Å². The number of fused-ring (bicyclic) bond motifs is 1. The first-order valence-electron chi connectivity index (χ1n) is 8.55. The smallest absolute Gasteiger partial charge is 0.228 e. The van der Waals surface area contributed by atoms with Crippen LogP contribution in [0.25, 0.3) is 16.6 Å². The van der Waals surface area contributed by atoms with E-state index in [4.69, 9.17) is 5.10 Å². The summed E-state index contributed by atoms with van der Waals surface area (Å²) in [6, 6.07) is 19.6. The Labute approximate surface area is 161 Å². The lowest BCUT2D eigenvalue weighted by Gasteiger charge is -2.07. The molecule has 0 saturated carbocycles. The number of para-hydroxylation sites is 1. The Morgan fingerprint density at radius 2 is 1.85 bits per heavy atom. The van der Waals surface area contributed by atoms with Crippen molar-refractivity contribution in [3.05, 3.63) is 78.6 Å². The Balaban J connectivity index is 1.66. The highest BCUT2D eigenvalue weighted by Gasteiger charge is 2.13. The molecule has 4 rings (SSSR count). The highest BCUT2D eigenvalue weighted by atomic mass is 32.2. The Morgan fingerprint density at radius 1 is 1.07 bits per heavy atom. The van der Waals surface area contributed by atoms with Crippen LogP contribution in [-0.4, -0.2) is 26.9 Å². The highest BCUT2D eigenvalue weighted by molar-refractivity contribution is 7.98. The van der Waals surface area contributed by atoms with E-state index >= 15 is 0 Å². The van der Waals surface area contributed by atoms with E-state index in [1.54, 1.807) is 24.2 Å². The summed E-state index contributed by atoms with van der Waals surface area (Å²) < 4.78 is 1.92. The predicted octanol–water partition coefficient (Wildman–Crippen LogP) is 4.32. The number of nitrogens with one attached hydrogen (secondary N) is 1. The first-order chi connectivity index (χ1) is 13.2. The summed E-state index contributed by atoms with van der Waals surface area (Å²) in [4.78, 5) is 16.4. The normalized spacial score (nSPS) is 10.9. The van der Waals surface area contributed by atoms with E-state index in [1.807, 2.05) is 71.6 Å². The fraction of sp³-hybridized carbons (Fsp3) is 0.0952. The van der Waals surface area contributed by atoms with Crippen molar-refractivity contribution in [2.75, 3.05) is 11.6 Å². The van der Waals surface area contributed by atoms with E-state index in [0.717, 1.165) is 32.9 Å². The van der Waals surface area contributed by atoms with Gasteiger partial charge in [-0.15, -0.1) is 11.8 Å². The second-order valence-corrected chi connectivity index (χ2v) is 6.86. The minimum Gasteiger partial charge on any atom is -0.326 e. The molecule has 134 valence electrons. The van der Waals surface area contributed by atoms with E-state index in [0.29, 0.717) is 6.42 Å². The Morgan fingerprint density at radius 3 is 2.59 bits per heavy atom. The van der Waals surface area contributed by atoms with Crippen molar-refractivity contribution in [3.8, 4) is 5.69 Å². The number of amides is 1. The lowest BCUT2D eigenvalue weighted by Crippen LogP contribution is -2.14. The number of hydrogen-bond donors (Lipinski definition) is 1. The maximum Gasteiger partial charge on any atom is 0.228 e. The minimum atomic E-state index is -0.0589. The third kappa shape index (κ3) is 3.71. The molecule has 1 N–H and O–H groups in total. The molecule has 0 atom stereocenters. The third-order valence-corrected chi connectivity index (χ3v) is 4.93. The second-order valence-electron chi connectivity index (χ2n) is 6.07. The van der Waals surface area contributed by atoms with Crippen LogP contribution in [0.2, 0.25) is 0 Å². The molecule has 0 aliphatic heterocycles. The van der Waals surface area contributed by atoms with Crippen LogP contribution < -0.4 is 5.32 Å². The predicted molar refractivity (Wildman–Crippen MR) is 109 cm³/mol. The van der Waals surface area contributed by atoms with Gasteiger partial charge in [-0.05, 0) is 54.3 Å². The van der Waals surface area contributed by atoms with Crippen molar-refractivity contribution in [2.24, 2.45) is 0 Å². The lowest BCUT2D eigenvalue weighted by atomic mass is 10.2. The molecule has 1 amide bonds. The topological polar surface area (TPSA) is 59.8 Å². The molecule has 4 aromatic rings. The zero-order valence-electron chi connectivity index (χ0n) is 14.8. The summed E-state index contributed by atoms with van der Waals surface area (Å²) >= 11 is 1.61. The van der Waals surface area contributed by atoms with Gasteiger partial charge in [0.25, 0.3) is 0 Å². The van der Waals surface area contributed by atoms with Crippen molar-refractivity contribution in [1.82, 2.24) is 14.8 Å². The standard InChI is InChI=1S/C21H18N4OS/c1-27-21-18-8-7-16(23-20(26)13-15-9-11-22-12-10-15)14-19(18)25(24-21)17-5-3-2-4-6-17/h2-12,14H,13H2,1H3,(H,23,26). The van der Waals surface area contributed by atoms with Gasteiger partial charge < -0.3 is 5.32 Å². The molecule has 5 nitrogen and oxygen atoms in total. The van der Waals surface area contributed by atoms with Gasteiger partial charge >= 0.3 is 0 Å². The fourth-order valence-corrected chi connectivity index (χ4v) is 3.53. The SMILES string of the molecule is CSc1nn(-c2ccccc2)c2cc(NC(=O)Cc3ccncc3)ccc12. The summed E-state index contributed by atoms with van der Waals surface area (Å²) in [6.45, 7) is 0. The van der Waals surface area contributed by atoms with E-state index in [9.17, 15) is 4.79 Å². The molecule has 27 heavy (non-hydrogen) atoms. The Bertz CT molecular complexity index is 1080. The van der Waals surface area contributed by atoms with Gasteiger partial charge in [-0.25, -0.2) is 4.68 Å². The summed E-state index contributed by atoms with van der Waals surface area (Å²) in [5.41, 5.74) is 3.64.